The molecular weight excluding hydrogens is 322 g/mol. The number of nitrogens with zero attached hydrogens (tertiary/aromatic N) is 3. The second kappa shape index (κ2) is 8.33. The Labute approximate surface area is 146 Å². The Hall–Kier alpha value is -1.82. The second-order valence-electron chi connectivity index (χ2n) is 5.87. The van der Waals surface area contributed by atoms with E-state index in [2.05, 4.69) is 17.1 Å². The van der Waals surface area contributed by atoms with Gasteiger partial charge in [0.15, 0.2) is 0 Å². The summed E-state index contributed by atoms with van der Waals surface area (Å²) in [4.78, 5) is 19.0. The summed E-state index contributed by atoms with van der Waals surface area (Å²) in [6.07, 6.45) is 3.60. The highest BCUT2D eigenvalue weighted by atomic mass is 32.2. The van der Waals surface area contributed by atoms with E-state index < -0.39 is 0 Å². The first-order chi connectivity index (χ1) is 11.8. The Bertz CT molecular complexity index is 659. The zero-order valence-corrected chi connectivity index (χ0v) is 14.8. The molecule has 5 nitrogen and oxygen atoms in total. The van der Waals surface area contributed by atoms with Crippen LogP contribution in [-0.2, 0) is 4.79 Å². The lowest BCUT2D eigenvalue weighted by Crippen LogP contribution is -2.38. The van der Waals surface area contributed by atoms with Gasteiger partial charge >= 0.3 is 0 Å². The zero-order chi connectivity index (χ0) is 16.8. The van der Waals surface area contributed by atoms with E-state index in [1.165, 1.54) is 0 Å². The van der Waals surface area contributed by atoms with Gasteiger partial charge in [-0.3, -0.25) is 4.79 Å². The maximum absolute atomic E-state index is 12.6. The molecular formula is C18H23N3O2S. The van der Waals surface area contributed by atoms with Crippen molar-refractivity contribution in [2.45, 2.75) is 38.6 Å². The summed E-state index contributed by atoms with van der Waals surface area (Å²) in [5.41, 5.74) is 0.931. The van der Waals surface area contributed by atoms with Crippen molar-refractivity contribution in [2.75, 3.05) is 18.1 Å². The quantitative estimate of drug-likeness (QED) is 0.742. The van der Waals surface area contributed by atoms with Crippen molar-refractivity contribution in [3.63, 3.8) is 0 Å². The molecule has 128 valence electrons. The molecule has 0 bridgehead atoms. The lowest BCUT2D eigenvalue weighted by molar-refractivity contribution is -0.135. The molecule has 2 heterocycles. The van der Waals surface area contributed by atoms with Crippen molar-refractivity contribution in [1.82, 2.24) is 15.0 Å². The fourth-order valence-corrected chi connectivity index (χ4v) is 3.62. The number of piperidine rings is 1. The Morgan fingerprint density at radius 2 is 2.17 bits per heavy atom. The largest absolute Gasteiger partial charge is 0.337 e. The van der Waals surface area contributed by atoms with Gasteiger partial charge in [0.25, 0.3) is 0 Å². The van der Waals surface area contributed by atoms with Crippen LogP contribution in [0.25, 0.3) is 11.4 Å². The number of thioether (sulfide) groups is 1. The van der Waals surface area contributed by atoms with E-state index in [1.807, 2.05) is 35.2 Å². The number of carbonyl (C=O) groups is 1. The van der Waals surface area contributed by atoms with Gasteiger partial charge in [-0.15, -0.1) is 0 Å². The van der Waals surface area contributed by atoms with Gasteiger partial charge in [0.05, 0.1) is 0 Å². The molecule has 1 fully saturated rings. The predicted molar refractivity (Wildman–Crippen MR) is 95.7 cm³/mol. The van der Waals surface area contributed by atoms with Crippen LogP contribution in [0.1, 0.15) is 44.5 Å². The average molecular weight is 345 g/mol. The Balaban J connectivity index is 1.74. The van der Waals surface area contributed by atoms with E-state index in [1.54, 1.807) is 11.8 Å². The minimum absolute atomic E-state index is 0.0807. The lowest BCUT2D eigenvalue weighted by atomic mass is 10.0. The number of carbonyl (C=O) groups excluding carboxylic acids is 1. The number of amides is 1. The maximum Gasteiger partial charge on any atom is 0.249 e. The molecule has 1 unspecified atom stereocenters. The molecule has 1 atom stereocenters. The van der Waals surface area contributed by atoms with Crippen molar-refractivity contribution in [3.05, 3.63) is 36.2 Å². The molecule has 1 aromatic heterocycles. The summed E-state index contributed by atoms with van der Waals surface area (Å²) in [6.45, 7) is 2.89. The van der Waals surface area contributed by atoms with Crippen LogP contribution in [0.3, 0.4) is 0 Å². The monoisotopic (exact) mass is 345 g/mol. The molecule has 2 aromatic rings. The average Bonchev–Trinajstić information content (AvgIpc) is 3.12. The lowest BCUT2D eigenvalue weighted by Gasteiger charge is -2.33. The van der Waals surface area contributed by atoms with Crippen LogP contribution in [0.5, 0.6) is 0 Å². The van der Waals surface area contributed by atoms with Gasteiger partial charge in [-0.1, -0.05) is 42.4 Å². The van der Waals surface area contributed by atoms with Crippen molar-refractivity contribution < 1.29 is 9.32 Å². The number of hydrogen-bond donors (Lipinski definition) is 0. The van der Waals surface area contributed by atoms with Gasteiger partial charge in [-0.05, 0) is 25.0 Å². The van der Waals surface area contributed by atoms with Gasteiger partial charge in [0, 0.05) is 24.3 Å². The highest BCUT2D eigenvalue weighted by Gasteiger charge is 2.31. The predicted octanol–water partition coefficient (Wildman–Crippen LogP) is 3.93. The zero-order valence-electron chi connectivity index (χ0n) is 14.0. The third kappa shape index (κ3) is 3.98. The fourth-order valence-electron chi connectivity index (χ4n) is 3.01. The van der Waals surface area contributed by atoms with Crippen molar-refractivity contribution >= 4 is 17.7 Å². The number of benzene rings is 1. The molecule has 0 radical (unpaired) electrons. The van der Waals surface area contributed by atoms with Gasteiger partial charge < -0.3 is 9.42 Å². The minimum atomic E-state index is -0.0807. The summed E-state index contributed by atoms with van der Waals surface area (Å²) in [6, 6.07) is 9.70. The summed E-state index contributed by atoms with van der Waals surface area (Å²) >= 11 is 1.80. The minimum Gasteiger partial charge on any atom is -0.337 e. The molecule has 1 saturated heterocycles. The van der Waals surface area contributed by atoms with Crippen LogP contribution in [0.2, 0.25) is 0 Å². The van der Waals surface area contributed by atoms with Crippen LogP contribution in [0.4, 0.5) is 0 Å². The summed E-state index contributed by atoms with van der Waals surface area (Å²) in [5.74, 6) is 3.26. The summed E-state index contributed by atoms with van der Waals surface area (Å²) in [7, 11) is 0. The molecule has 1 aromatic carbocycles. The second-order valence-corrected chi connectivity index (χ2v) is 7.26. The molecule has 0 N–H and O–H groups in total. The van der Waals surface area contributed by atoms with E-state index in [9.17, 15) is 4.79 Å². The Kier molecular flexibility index (Phi) is 5.91. The van der Waals surface area contributed by atoms with Crippen LogP contribution < -0.4 is 0 Å². The molecule has 3 rings (SSSR count). The van der Waals surface area contributed by atoms with Crippen LogP contribution in [-0.4, -0.2) is 39.0 Å². The molecule has 0 aliphatic carbocycles. The van der Waals surface area contributed by atoms with Gasteiger partial charge in [0.1, 0.15) is 6.04 Å². The molecule has 1 aliphatic heterocycles. The SMILES string of the molecule is CCSCCC(=O)N1CCCCC1c1nc(-c2ccccc2)no1. The number of hydrogen-bond acceptors (Lipinski definition) is 5. The van der Waals surface area contributed by atoms with Crippen molar-refractivity contribution in [3.8, 4) is 11.4 Å². The molecule has 1 aliphatic rings. The standard InChI is InChI=1S/C18H23N3O2S/c1-2-24-13-11-16(22)21-12-7-6-10-15(21)18-19-17(20-23-18)14-8-4-3-5-9-14/h3-5,8-9,15H,2,6-7,10-13H2,1H3. The van der Waals surface area contributed by atoms with Crippen LogP contribution in [0.15, 0.2) is 34.9 Å². The Morgan fingerprint density at radius 3 is 2.96 bits per heavy atom. The van der Waals surface area contributed by atoms with E-state index in [0.29, 0.717) is 18.1 Å². The van der Waals surface area contributed by atoms with E-state index in [4.69, 9.17) is 4.52 Å². The third-order valence-electron chi connectivity index (χ3n) is 4.25. The number of aromatic nitrogens is 2. The first kappa shape index (κ1) is 17.0. The Morgan fingerprint density at radius 1 is 1.33 bits per heavy atom. The van der Waals surface area contributed by atoms with Crippen molar-refractivity contribution in [2.24, 2.45) is 0 Å². The smallest absolute Gasteiger partial charge is 0.249 e. The molecule has 0 spiro atoms. The highest BCUT2D eigenvalue weighted by molar-refractivity contribution is 7.99. The molecule has 1 amide bonds. The van der Waals surface area contributed by atoms with Crippen LogP contribution in [0, 0.1) is 0 Å². The van der Waals surface area contributed by atoms with Gasteiger partial charge in [-0.2, -0.15) is 16.7 Å². The van der Waals surface area contributed by atoms with E-state index >= 15 is 0 Å². The molecule has 0 saturated carbocycles. The normalized spacial score (nSPS) is 17.9. The number of rotatable bonds is 6. The highest BCUT2D eigenvalue weighted by Crippen LogP contribution is 2.31. The first-order valence-corrected chi connectivity index (χ1v) is 9.71. The van der Waals surface area contributed by atoms with E-state index in [0.717, 1.165) is 42.9 Å². The summed E-state index contributed by atoms with van der Waals surface area (Å²) in [5, 5.41) is 4.10. The molecule has 6 heteroatoms. The topological polar surface area (TPSA) is 59.2 Å². The summed E-state index contributed by atoms with van der Waals surface area (Å²) < 4.78 is 5.50. The van der Waals surface area contributed by atoms with Gasteiger partial charge in [-0.25, -0.2) is 0 Å². The maximum atomic E-state index is 12.6. The first-order valence-electron chi connectivity index (χ1n) is 8.56. The van der Waals surface area contributed by atoms with Crippen molar-refractivity contribution in [1.29, 1.82) is 0 Å². The molecule has 24 heavy (non-hydrogen) atoms. The van der Waals surface area contributed by atoms with E-state index in [-0.39, 0.29) is 11.9 Å². The van der Waals surface area contributed by atoms with Gasteiger partial charge in [0.2, 0.25) is 17.6 Å². The fraction of sp³-hybridized carbons (Fsp3) is 0.500. The number of likely N-dealkylation sites (tertiary alicyclic amines) is 1. The van der Waals surface area contributed by atoms with Crippen LogP contribution >= 0.6 is 11.8 Å². The third-order valence-corrected chi connectivity index (χ3v) is 5.15.